The van der Waals surface area contributed by atoms with Crippen molar-refractivity contribution in [2.75, 3.05) is 7.11 Å². The zero-order valence-electron chi connectivity index (χ0n) is 11.6. The summed E-state index contributed by atoms with van der Waals surface area (Å²) < 4.78 is 30.7. The van der Waals surface area contributed by atoms with Crippen LogP contribution in [0.25, 0.3) is 0 Å². The van der Waals surface area contributed by atoms with Crippen molar-refractivity contribution in [3.63, 3.8) is 0 Å². The lowest BCUT2D eigenvalue weighted by molar-refractivity contribution is -0.134. The van der Waals surface area contributed by atoms with E-state index in [4.69, 9.17) is 0 Å². The number of nitrogens with zero attached hydrogens (tertiary/aromatic N) is 1. The lowest BCUT2D eigenvalue weighted by atomic mass is 10.2. The van der Waals surface area contributed by atoms with Gasteiger partial charge in [-0.15, -0.1) is 0 Å². The van der Waals surface area contributed by atoms with E-state index in [-0.39, 0.29) is 17.0 Å². The van der Waals surface area contributed by atoms with Crippen LogP contribution in [0.2, 0.25) is 0 Å². The predicted molar refractivity (Wildman–Crippen MR) is 74.6 cm³/mol. The molecule has 0 amide bonds. The summed E-state index contributed by atoms with van der Waals surface area (Å²) in [6.45, 7) is 3.70. The van der Waals surface area contributed by atoms with Gasteiger partial charge in [0.05, 0.1) is 18.0 Å². The van der Waals surface area contributed by atoms with Crippen molar-refractivity contribution < 1.29 is 17.9 Å². The number of hydrogen-bond acceptors (Lipinski definition) is 4. The molecule has 1 aliphatic heterocycles. The van der Waals surface area contributed by atoms with Gasteiger partial charge in [0.25, 0.3) is 0 Å². The van der Waals surface area contributed by atoms with E-state index >= 15 is 0 Å². The lowest BCUT2D eigenvalue weighted by Crippen LogP contribution is -2.15. The van der Waals surface area contributed by atoms with E-state index in [1.54, 1.807) is 37.3 Å². The number of carbonyl (C=O) groups excluding carboxylic acids is 1. The minimum atomic E-state index is -3.51. The Labute approximate surface area is 118 Å². The fourth-order valence-corrected chi connectivity index (χ4v) is 3.85. The van der Waals surface area contributed by atoms with Gasteiger partial charge in [0.2, 0.25) is 10.0 Å². The van der Waals surface area contributed by atoms with Gasteiger partial charge in [-0.2, -0.15) is 4.31 Å². The maximum atomic E-state index is 12.4. The van der Waals surface area contributed by atoms with Crippen molar-refractivity contribution in [3.8, 4) is 0 Å². The van der Waals surface area contributed by atoms with Gasteiger partial charge in [0.1, 0.15) is 0 Å². The highest BCUT2D eigenvalue weighted by Gasteiger charge is 2.51. The predicted octanol–water partition coefficient (Wildman–Crippen LogP) is 1.49. The van der Waals surface area contributed by atoms with Crippen LogP contribution >= 0.6 is 0 Å². The van der Waals surface area contributed by atoms with Crippen molar-refractivity contribution in [1.29, 1.82) is 0 Å². The zero-order chi connectivity index (χ0) is 14.9. The van der Waals surface area contributed by atoms with Crippen molar-refractivity contribution in [3.05, 3.63) is 42.0 Å². The molecule has 0 N–H and O–H groups in total. The van der Waals surface area contributed by atoms with Crippen molar-refractivity contribution in [2.45, 2.75) is 30.8 Å². The number of benzene rings is 1. The molecule has 5 nitrogen and oxygen atoms in total. The number of carbonyl (C=O) groups is 1. The number of methoxy groups -OCH3 is 1. The Morgan fingerprint density at radius 2 is 1.90 bits per heavy atom. The summed E-state index contributed by atoms with van der Waals surface area (Å²) in [6.07, 6.45) is 2.81. The Kier molecular flexibility index (Phi) is 3.96. The molecule has 0 aromatic heterocycles. The average molecular weight is 295 g/mol. The maximum Gasteiger partial charge on any atom is 0.330 e. The van der Waals surface area contributed by atoms with Crippen LogP contribution in [-0.4, -0.2) is 37.9 Å². The third-order valence-electron chi connectivity index (χ3n) is 3.33. The van der Waals surface area contributed by atoms with E-state index in [1.165, 1.54) is 17.5 Å². The molecule has 108 valence electrons. The third-order valence-corrected chi connectivity index (χ3v) is 5.33. The minimum absolute atomic E-state index is 0.151. The van der Waals surface area contributed by atoms with E-state index in [0.29, 0.717) is 0 Å². The average Bonchev–Trinajstić information content (AvgIpc) is 3.07. The molecule has 0 spiro atoms. The topological polar surface area (TPSA) is 63.5 Å². The van der Waals surface area contributed by atoms with Crippen LogP contribution in [0.4, 0.5) is 0 Å². The first kappa shape index (κ1) is 14.7. The number of aryl methyl sites for hydroxylation is 1. The normalized spacial score (nSPS) is 25.6. The summed E-state index contributed by atoms with van der Waals surface area (Å²) in [6, 6.07) is 6.27. The lowest BCUT2D eigenvalue weighted by Gasteiger charge is -2.05. The molecular formula is C14H17NO4S. The van der Waals surface area contributed by atoms with Crippen molar-refractivity contribution in [2.24, 2.45) is 0 Å². The molecule has 6 heteroatoms. The largest absolute Gasteiger partial charge is 0.466 e. The molecule has 1 aromatic rings. The van der Waals surface area contributed by atoms with Crippen LogP contribution in [-0.2, 0) is 19.6 Å². The van der Waals surface area contributed by atoms with Gasteiger partial charge in [-0.05, 0) is 26.0 Å². The van der Waals surface area contributed by atoms with Crippen molar-refractivity contribution in [1.82, 2.24) is 4.31 Å². The summed E-state index contributed by atoms with van der Waals surface area (Å²) in [4.78, 5) is 11.3. The van der Waals surface area contributed by atoms with Crippen LogP contribution in [0.5, 0.6) is 0 Å². The highest BCUT2D eigenvalue weighted by Crippen LogP contribution is 2.36. The molecule has 3 atom stereocenters. The Morgan fingerprint density at radius 1 is 1.30 bits per heavy atom. The molecule has 0 saturated carbocycles. The number of esters is 1. The van der Waals surface area contributed by atoms with Gasteiger partial charge in [0.15, 0.2) is 0 Å². The Hall–Kier alpha value is -1.66. The maximum absolute atomic E-state index is 12.4. The van der Waals surface area contributed by atoms with Crippen LogP contribution < -0.4 is 0 Å². The van der Waals surface area contributed by atoms with Crippen LogP contribution in [0, 0.1) is 6.92 Å². The summed E-state index contributed by atoms with van der Waals surface area (Å²) in [5.74, 6) is -0.489. The SMILES string of the molecule is COC(=O)C=C[C@@H]1[C@H](C)N1S(=O)(=O)c1ccc(C)cc1. The molecule has 20 heavy (non-hydrogen) atoms. The first-order chi connectivity index (χ1) is 9.37. The van der Waals surface area contributed by atoms with E-state index in [9.17, 15) is 13.2 Å². The van der Waals surface area contributed by atoms with Crippen molar-refractivity contribution >= 4 is 16.0 Å². The summed E-state index contributed by atoms with van der Waals surface area (Å²) in [7, 11) is -2.22. The monoisotopic (exact) mass is 295 g/mol. The first-order valence-corrected chi connectivity index (χ1v) is 7.68. The van der Waals surface area contributed by atoms with Gasteiger partial charge >= 0.3 is 5.97 Å². The second-order valence-corrected chi connectivity index (χ2v) is 6.60. The van der Waals surface area contributed by atoms with Crippen LogP contribution in [0.15, 0.2) is 41.3 Å². The quantitative estimate of drug-likeness (QED) is 0.479. The van der Waals surface area contributed by atoms with Crippen LogP contribution in [0.1, 0.15) is 12.5 Å². The first-order valence-electron chi connectivity index (χ1n) is 6.24. The highest BCUT2D eigenvalue weighted by atomic mass is 32.2. The molecule has 2 rings (SSSR count). The number of ether oxygens (including phenoxy) is 1. The molecule has 1 heterocycles. The molecule has 0 bridgehead atoms. The molecular weight excluding hydrogens is 278 g/mol. The summed E-state index contributed by atoms with van der Waals surface area (Å²) in [5.41, 5.74) is 1.00. The van der Waals surface area contributed by atoms with Crippen LogP contribution in [0.3, 0.4) is 0 Å². The van der Waals surface area contributed by atoms with Gasteiger partial charge in [0, 0.05) is 12.1 Å². The molecule has 1 aliphatic rings. The fraction of sp³-hybridized carbons (Fsp3) is 0.357. The molecule has 0 radical (unpaired) electrons. The van der Waals surface area contributed by atoms with E-state index in [1.807, 2.05) is 6.92 Å². The Morgan fingerprint density at radius 3 is 2.45 bits per heavy atom. The zero-order valence-corrected chi connectivity index (χ0v) is 12.4. The van der Waals surface area contributed by atoms with E-state index in [0.717, 1.165) is 5.56 Å². The Balaban J connectivity index is 2.18. The molecule has 0 aliphatic carbocycles. The Bertz CT molecular complexity index is 634. The van der Waals surface area contributed by atoms with E-state index < -0.39 is 16.0 Å². The smallest absolute Gasteiger partial charge is 0.330 e. The van der Waals surface area contributed by atoms with Gasteiger partial charge in [-0.1, -0.05) is 23.8 Å². The van der Waals surface area contributed by atoms with Gasteiger partial charge < -0.3 is 4.74 Å². The molecule has 1 fully saturated rings. The standard InChI is InChI=1S/C14H17NO4S/c1-10-4-6-12(7-5-10)20(17,18)15-11(2)13(15)8-9-14(16)19-3/h4-9,11,13H,1-3H3/t11-,13+,15?/m0/s1. The minimum Gasteiger partial charge on any atom is -0.466 e. The number of rotatable bonds is 4. The van der Waals surface area contributed by atoms with Gasteiger partial charge in [-0.25, -0.2) is 13.2 Å². The highest BCUT2D eigenvalue weighted by molar-refractivity contribution is 7.89. The summed E-state index contributed by atoms with van der Waals surface area (Å²) >= 11 is 0. The molecule has 1 saturated heterocycles. The van der Waals surface area contributed by atoms with E-state index in [2.05, 4.69) is 4.74 Å². The summed E-state index contributed by atoms with van der Waals surface area (Å²) in [5, 5.41) is 0. The molecule has 1 aromatic carbocycles. The second kappa shape index (κ2) is 5.38. The fourth-order valence-electron chi connectivity index (χ4n) is 2.05. The number of hydrogen-bond donors (Lipinski definition) is 0. The third kappa shape index (κ3) is 2.76. The number of sulfonamides is 1. The van der Waals surface area contributed by atoms with Gasteiger partial charge in [-0.3, -0.25) is 0 Å². The molecule has 1 unspecified atom stereocenters. The second-order valence-electron chi connectivity index (χ2n) is 4.76.